The summed E-state index contributed by atoms with van der Waals surface area (Å²) in [5, 5.41) is 12.0. The topological polar surface area (TPSA) is 62.1 Å². The first-order valence-electron chi connectivity index (χ1n) is 8.73. The predicted molar refractivity (Wildman–Crippen MR) is 85.7 cm³/mol. The van der Waals surface area contributed by atoms with E-state index in [0.717, 1.165) is 12.0 Å². The molecule has 0 spiro atoms. The van der Waals surface area contributed by atoms with Crippen molar-refractivity contribution in [1.82, 2.24) is 5.32 Å². The first-order chi connectivity index (χ1) is 11.9. The number of rotatable bonds is 5. The van der Waals surface area contributed by atoms with Gasteiger partial charge in [0.15, 0.2) is 0 Å². The predicted octanol–water partition coefficient (Wildman–Crippen LogP) is 2.97. The largest absolute Gasteiger partial charge is 0.368 e. The molecular weight excluding hydrogens is 326 g/mol. The second-order valence-electron chi connectivity index (χ2n) is 7.53. The van der Waals surface area contributed by atoms with E-state index in [2.05, 4.69) is 11.4 Å². The van der Waals surface area contributed by atoms with Crippen LogP contribution in [0.15, 0.2) is 24.3 Å². The Bertz CT molecular complexity index is 731. The SMILES string of the molecule is N#Cc1cccc([C@]2(CNC(=O)[C@H]3C[C@@H]3C3CC(F)(F)C3)CCO2)c1. The lowest BCUT2D eigenvalue weighted by molar-refractivity contribution is -0.156. The van der Waals surface area contributed by atoms with Crippen molar-refractivity contribution in [1.29, 1.82) is 5.26 Å². The van der Waals surface area contributed by atoms with Crippen LogP contribution >= 0.6 is 0 Å². The molecule has 6 heteroatoms. The summed E-state index contributed by atoms with van der Waals surface area (Å²) in [7, 11) is 0. The molecule has 3 atom stereocenters. The first-order valence-corrected chi connectivity index (χ1v) is 8.73. The highest BCUT2D eigenvalue weighted by Gasteiger charge is 2.57. The number of ether oxygens (including phenoxy) is 1. The van der Waals surface area contributed by atoms with Crippen LogP contribution < -0.4 is 5.32 Å². The molecule has 2 aliphatic carbocycles. The van der Waals surface area contributed by atoms with Crippen molar-refractivity contribution in [2.24, 2.45) is 17.8 Å². The molecule has 1 aromatic carbocycles. The first kappa shape index (κ1) is 16.5. The highest BCUT2D eigenvalue weighted by molar-refractivity contribution is 5.81. The molecule has 4 nitrogen and oxygen atoms in total. The highest BCUT2D eigenvalue weighted by Crippen LogP contribution is 2.56. The van der Waals surface area contributed by atoms with Gasteiger partial charge in [-0.05, 0) is 36.0 Å². The van der Waals surface area contributed by atoms with E-state index in [9.17, 15) is 13.6 Å². The molecular formula is C19H20F2N2O2. The minimum Gasteiger partial charge on any atom is -0.368 e. The van der Waals surface area contributed by atoms with Crippen molar-refractivity contribution in [3.8, 4) is 6.07 Å². The van der Waals surface area contributed by atoms with Gasteiger partial charge < -0.3 is 10.1 Å². The average molecular weight is 346 g/mol. The molecule has 1 aromatic rings. The van der Waals surface area contributed by atoms with Crippen LogP contribution in [0, 0.1) is 29.1 Å². The molecule has 3 aliphatic rings. The van der Waals surface area contributed by atoms with E-state index in [1.165, 1.54) is 0 Å². The number of carbonyl (C=O) groups is 1. The third-order valence-corrected chi connectivity index (χ3v) is 5.85. The molecule has 25 heavy (non-hydrogen) atoms. The number of alkyl halides is 2. The van der Waals surface area contributed by atoms with E-state index in [-0.39, 0.29) is 36.5 Å². The van der Waals surface area contributed by atoms with Crippen molar-refractivity contribution in [2.75, 3.05) is 13.2 Å². The minimum atomic E-state index is -2.52. The van der Waals surface area contributed by atoms with Gasteiger partial charge in [0.1, 0.15) is 5.60 Å². The minimum absolute atomic E-state index is 0.00743. The molecule has 1 N–H and O–H groups in total. The number of amides is 1. The van der Waals surface area contributed by atoms with E-state index < -0.39 is 11.5 Å². The summed E-state index contributed by atoms with van der Waals surface area (Å²) in [6.07, 6.45) is 1.35. The van der Waals surface area contributed by atoms with Gasteiger partial charge >= 0.3 is 0 Å². The second-order valence-corrected chi connectivity index (χ2v) is 7.53. The van der Waals surface area contributed by atoms with Gasteiger partial charge in [-0.3, -0.25) is 4.79 Å². The fourth-order valence-electron chi connectivity index (χ4n) is 4.10. The molecule has 2 saturated carbocycles. The fourth-order valence-corrected chi connectivity index (χ4v) is 4.10. The van der Waals surface area contributed by atoms with Gasteiger partial charge in [0.05, 0.1) is 24.8 Å². The molecule has 4 rings (SSSR count). The van der Waals surface area contributed by atoms with Gasteiger partial charge in [-0.1, -0.05) is 12.1 Å². The highest BCUT2D eigenvalue weighted by atomic mass is 19.3. The molecule has 1 saturated heterocycles. The third-order valence-electron chi connectivity index (χ3n) is 5.85. The van der Waals surface area contributed by atoms with Crippen molar-refractivity contribution < 1.29 is 18.3 Å². The van der Waals surface area contributed by atoms with Crippen LogP contribution in [0.3, 0.4) is 0 Å². The second kappa shape index (κ2) is 5.77. The van der Waals surface area contributed by atoms with Gasteiger partial charge in [0.25, 0.3) is 0 Å². The third kappa shape index (κ3) is 3.02. The summed E-state index contributed by atoms with van der Waals surface area (Å²) < 4.78 is 31.7. The number of benzene rings is 1. The average Bonchev–Trinajstić information content (AvgIpc) is 3.32. The lowest BCUT2D eigenvalue weighted by Gasteiger charge is -2.42. The van der Waals surface area contributed by atoms with Gasteiger partial charge in [-0.15, -0.1) is 0 Å². The maximum atomic E-state index is 13.0. The number of hydrogen-bond donors (Lipinski definition) is 1. The van der Waals surface area contributed by atoms with E-state index in [0.29, 0.717) is 25.1 Å². The molecule has 0 radical (unpaired) electrons. The standard InChI is InChI=1S/C19H20F2N2O2/c20-19(21)8-13(9-19)15-7-16(15)17(24)23-11-18(4-5-25-18)14-3-1-2-12(6-14)10-22/h1-3,6,13,15-16H,4-5,7-9,11H2,(H,23,24)/t15-,16+,18-/m1/s1. The normalized spacial score (nSPS) is 32.8. The Morgan fingerprint density at radius 1 is 1.40 bits per heavy atom. The zero-order valence-electron chi connectivity index (χ0n) is 13.8. The monoisotopic (exact) mass is 346 g/mol. The van der Waals surface area contributed by atoms with Crippen LogP contribution in [0.4, 0.5) is 8.78 Å². The Hall–Kier alpha value is -2.00. The Morgan fingerprint density at radius 2 is 2.16 bits per heavy atom. The number of halogens is 2. The van der Waals surface area contributed by atoms with Crippen LogP contribution in [0.2, 0.25) is 0 Å². The van der Waals surface area contributed by atoms with Gasteiger partial charge in [0, 0.05) is 25.2 Å². The zero-order chi connectivity index (χ0) is 17.7. The summed E-state index contributed by atoms with van der Waals surface area (Å²) in [6, 6.07) is 9.36. The molecule has 1 amide bonds. The Balaban J connectivity index is 1.34. The molecule has 132 valence electrons. The molecule has 0 unspecified atom stereocenters. The molecule has 0 aromatic heterocycles. The van der Waals surface area contributed by atoms with Crippen molar-refractivity contribution in [2.45, 2.75) is 37.2 Å². The summed E-state index contributed by atoms with van der Waals surface area (Å²) in [6.45, 7) is 0.973. The molecule has 3 fully saturated rings. The van der Waals surface area contributed by atoms with Crippen LogP contribution in [0.5, 0.6) is 0 Å². The van der Waals surface area contributed by atoms with Crippen molar-refractivity contribution in [3.05, 3.63) is 35.4 Å². The van der Waals surface area contributed by atoms with Gasteiger partial charge in [-0.25, -0.2) is 8.78 Å². The zero-order valence-corrected chi connectivity index (χ0v) is 13.8. The number of nitrogens with one attached hydrogen (secondary N) is 1. The van der Waals surface area contributed by atoms with Crippen LogP contribution in [0.25, 0.3) is 0 Å². The Kier molecular flexibility index (Phi) is 3.80. The molecule has 0 bridgehead atoms. The number of carbonyl (C=O) groups excluding carboxylic acids is 1. The number of hydrogen-bond acceptors (Lipinski definition) is 3. The van der Waals surface area contributed by atoms with E-state index in [1.807, 2.05) is 12.1 Å². The number of nitrogens with zero attached hydrogens (tertiary/aromatic N) is 1. The van der Waals surface area contributed by atoms with Crippen molar-refractivity contribution in [3.63, 3.8) is 0 Å². The summed E-state index contributed by atoms with van der Waals surface area (Å²) in [5.74, 6) is -2.62. The maximum absolute atomic E-state index is 13.0. The summed E-state index contributed by atoms with van der Waals surface area (Å²) in [4.78, 5) is 12.4. The summed E-state index contributed by atoms with van der Waals surface area (Å²) in [5.41, 5.74) is 0.882. The van der Waals surface area contributed by atoms with Gasteiger partial charge in [-0.2, -0.15) is 5.26 Å². The smallest absolute Gasteiger partial charge is 0.248 e. The maximum Gasteiger partial charge on any atom is 0.248 e. The van der Waals surface area contributed by atoms with E-state index in [4.69, 9.17) is 10.00 Å². The quantitative estimate of drug-likeness (QED) is 0.892. The Morgan fingerprint density at radius 3 is 2.76 bits per heavy atom. The van der Waals surface area contributed by atoms with Gasteiger partial charge in [0.2, 0.25) is 11.8 Å². The summed E-state index contributed by atoms with van der Waals surface area (Å²) >= 11 is 0. The van der Waals surface area contributed by atoms with E-state index >= 15 is 0 Å². The lowest BCUT2D eigenvalue weighted by Crippen LogP contribution is -2.50. The molecule has 1 aliphatic heterocycles. The van der Waals surface area contributed by atoms with Crippen molar-refractivity contribution >= 4 is 5.91 Å². The lowest BCUT2D eigenvalue weighted by atomic mass is 9.77. The number of nitriles is 1. The van der Waals surface area contributed by atoms with Crippen LogP contribution in [0.1, 0.15) is 36.8 Å². The van der Waals surface area contributed by atoms with Crippen LogP contribution in [-0.2, 0) is 15.1 Å². The van der Waals surface area contributed by atoms with E-state index in [1.54, 1.807) is 12.1 Å². The van der Waals surface area contributed by atoms with Crippen LogP contribution in [-0.4, -0.2) is 25.0 Å². The Labute approximate surface area is 145 Å². The fraction of sp³-hybridized carbons (Fsp3) is 0.579. The molecule has 1 heterocycles.